The molecule has 0 bridgehead atoms. The van der Waals surface area contributed by atoms with Crippen LogP contribution in [0, 0.1) is 0 Å². The highest BCUT2D eigenvalue weighted by molar-refractivity contribution is 5.81. The summed E-state index contributed by atoms with van der Waals surface area (Å²) < 4.78 is 1.77. The van der Waals surface area contributed by atoms with E-state index in [2.05, 4.69) is 15.6 Å². The second kappa shape index (κ2) is 7.65. The first-order valence-electron chi connectivity index (χ1n) is 7.71. The van der Waals surface area contributed by atoms with Crippen LogP contribution >= 0.6 is 0 Å². The van der Waals surface area contributed by atoms with E-state index in [1.807, 2.05) is 76.5 Å². The molecule has 0 aliphatic carbocycles. The van der Waals surface area contributed by atoms with Crippen LogP contribution in [0.25, 0.3) is 11.0 Å². The molecule has 0 aliphatic heterocycles. The quantitative estimate of drug-likeness (QED) is 0.694. The average molecular weight is 312 g/mol. The molecular formula is C18H24N4O. The molecule has 0 radical (unpaired) electrons. The van der Waals surface area contributed by atoms with Crippen molar-refractivity contribution in [1.29, 1.82) is 0 Å². The van der Waals surface area contributed by atoms with Gasteiger partial charge in [0.2, 0.25) is 0 Å². The molecule has 1 aromatic heterocycles. The summed E-state index contributed by atoms with van der Waals surface area (Å²) >= 11 is 0. The molecule has 0 saturated carbocycles. The van der Waals surface area contributed by atoms with Crippen LogP contribution in [0.5, 0.6) is 0 Å². The van der Waals surface area contributed by atoms with Gasteiger partial charge in [-0.05, 0) is 58.3 Å². The Balaban J connectivity index is 0.000000595. The molecular weight excluding hydrogens is 288 g/mol. The molecule has 0 aliphatic rings. The Labute approximate surface area is 136 Å². The predicted molar refractivity (Wildman–Crippen MR) is 97.7 cm³/mol. The van der Waals surface area contributed by atoms with Crippen molar-refractivity contribution in [3.8, 4) is 0 Å². The second-order valence-corrected chi connectivity index (χ2v) is 5.62. The molecule has 3 N–H and O–H groups in total. The van der Waals surface area contributed by atoms with Crippen LogP contribution < -0.4 is 16.3 Å². The Morgan fingerprint density at radius 3 is 2.26 bits per heavy atom. The zero-order valence-corrected chi connectivity index (χ0v) is 14.1. The number of aromatic nitrogens is 2. The van der Waals surface area contributed by atoms with E-state index in [1.54, 1.807) is 4.57 Å². The monoisotopic (exact) mass is 312 g/mol. The van der Waals surface area contributed by atoms with Gasteiger partial charge in [0.05, 0.1) is 11.0 Å². The number of aromatic amines is 1. The number of hydrogen-bond acceptors (Lipinski definition) is 3. The molecule has 2 aromatic carbocycles. The number of imidazole rings is 1. The van der Waals surface area contributed by atoms with Gasteiger partial charge < -0.3 is 15.6 Å². The highest BCUT2D eigenvalue weighted by Crippen LogP contribution is 2.22. The normalized spacial score (nSPS) is 10.5. The Kier molecular flexibility index (Phi) is 5.60. The zero-order chi connectivity index (χ0) is 16.8. The van der Waals surface area contributed by atoms with E-state index >= 15 is 0 Å². The molecule has 0 amide bonds. The highest BCUT2D eigenvalue weighted by Gasteiger charge is 2.09. The lowest BCUT2D eigenvalue weighted by atomic mass is 10.2. The van der Waals surface area contributed by atoms with Gasteiger partial charge in [-0.25, -0.2) is 4.79 Å². The number of rotatable bonds is 3. The van der Waals surface area contributed by atoms with Crippen molar-refractivity contribution in [2.75, 3.05) is 19.4 Å². The first-order valence-corrected chi connectivity index (χ1v) is 7.71. The fourth-order valence-electron chi connectivity index (χ4n) is 2.41. The number of nitrogens with zero attached hydrogens (tertiary/aromatic N) is 1. The summed E-state index contributed by atoms with van der Waals surface area (Å²) in [5, 5.41) is 6.07. The Hall–Kier alpha value is -2.53. The summed E-state index contributed by atoms with van der Waals surface area (Å²) in [6.45, 7) is 4.01. The van der Waals surface area contributed by atoms with Crippen molar-refractivity contribution in [3.05, 3.63) is 59.0 Å². The summed E-state index contributed by atoms with van der Waals surface area (Å²) in [5.41, 5.74) is 3.71. The average Bonchev–Trinajstić information content (AvgIpc) is 2.84. The Morgan fingerprint density at radius 1 is 1.00 bits per heavy atom. The molecule has 1 heterocycles. The van der Waals surface area contributed by atoms with E-state index in [1.165, 1.54) is 0 Å². The predicted octanol–water partition coefficient (Wildman–Crippen LogP) is 3.49. The van der Waals surface area contributed by atoms with E-state index in [4.69, 9.17) is 0 Å². The third kappa shape index (κ3) is 4.02. The van der Waals surface area contributed by atoms with E-state index < -0.39 is 0 Å². The first kappa shape index (κ1) is 16.8. The lowest BCUT2D eigenvalue weighted by molar-refractivity contribution is 0.598. The molecule has 0 spiro atoms. The lowest BCUT2D eigenvalue weighted by Gasteiger charge is -2.08. The number of benzene rings is 2. The largest absolute Gasteiger partial charge is 0.355 e. The second-order valence-electron chi connectivity index (χ2n) is 5.62. The Bertz CT molecular complexity index is 803. The van der Waals surface area contributed by atoms with Gasteiger partial charge >= 0.3 is 5.69 Å². The fourth-order valence-corrected chi connectivity index (χ4v) is 2.41. The van der Waals surface area contributed by atoms with Gasteiger partial charge in [0.25, 0.3) is 0 Å². The summed E-state index contributed by atoms with van der Waals surface area (Å²) in [6, 6.07) is 16.0. The molecule has 0 fully saturated rings. The maximum Gasteiger partial charge on any atom is 0.326 e. The minimum Gasteiger partial charge on any atom is -0.355 e. The van der Waals surface area contributed by atoms with Crippen molar-refractivity contribution < 1.29 is 0 Å². The van der Waals surface area contributed by atoms with Crippen molar-refractivity contribution in [2.45, 2.75) is 19.9 Å². The minimum absolute atomic E-state index is 0.0631. The number of nitrogens with one attached hydrogen (secondary N) is 3. The minimum atomic E-state index is -0.0631. The molecule has 5 nitrogen and oxygen atoms in total. The van der Waals surface area contributed by atoms with Gasteiger partial charge in [-0.2, -0.15) is 0 Å². The lowest BCUT2D eigenvalue weighted by Crippen LogP contribution is -2.18. The zero-order valence-electron chi connectivity index (χ0n) is 14.1. The molecule has 3 rings (SSSR count). The first-order chi connectivity index (χ1) is 11.1. The van der Waals surface area contributed by atoms with Gasteiger partial charge in [-0.15, -0.1) is 0 Å². The number of para-hydroxylation sites is 1. The maximum absolute atomic E-state index is 11.9. The summed E-state index contributed by atoms with van der Waals surface area (Å²) in [6.07, 6.45) is 0. The molecule has 122 valence electrons. The van der Waals surface area contributed by atoms with Crippen LogP contribution in [-0.4, -0.2) is 23.6 Å². The molecule has 0 unspecified atom stereocenters. The molecule has 0 atom stereocenters. The number of fused-ring (bicyclic) bond motifs is 1. The summed E-state index contributed by atoms with van der Waals surface area (Å²) in [4.78, 5) is 14.8. The number of H-pyrrole nitrogens is 1. The fraction of sp³-hybridized carbons (Fsp3) is 0.278. The SMILES string of the molecule is CC(C)n1c(=O)[nH]c2cc(Nc3ccccc3)ccc21.CNC. The summed E-state index contributed by atoms with van der Waals surface area (Å²) in [5.74, 6) is 0. The third-order valence-electron chi connectivity index (χ3n) is 3.30. The maximum atomic E-state index is 11.9. The van der Waals surface area contributed by atoms with Gasteiger partial charge in [0, 0.05) is 17.4 Å². The molecule has 5 heteroatoms. The van der Waals surface area contributed by atoms with Crippen molar-refractivity contribution in [1.82, 2.24) is 14.9 Å². The summed E-state index contributed by atoms with van der Waals surface area (Å²) in [7, 11) is 3.75. The topological polar surface area (TPSA) is 61.9 Å². The van der Waals surface area contributed by atoms with Crippen LogP contribution in [0.2, 0.25) is 0 Å². The van der Waals surface area contributed by atoms with Crippen LogP contribution in [0.3, 0.4) is 0 Å². The highest BCUT2D eigenvalue weighted by atomic mass is 16.1. The van der Waals surface area contributed by atoms with E-state index in [0.717, 1.165) is 22.4 Å². The number of hydrogen-bond donors (Lipinski definition) is 3. The van der Waals surface area contributed by atoms with E-state index in [-0.39, 0.29) is 11.7 Å². The van der Waals surface area contributed by atoms with Crippen molar-refractivity contribution >= 4 is 22.4 Å². The van der Waals surface area contributed by atoms with Crippen LogP contribution in [0.1, 0.15) is 19.9 Å². The van der Waals surface area contributed by atoms with Crippen LogP contribution in [0.15, 0.2) is 53.3 Å². The van der Waals surface area contributed by atoms with Crippen LogP contribution in [0.4, 0.5) is 11.4 Å². The molecule has 3 aromatic rings. The van der Waals surface area contributed by atoms with Gasteiger partial charge in [0.1, 0.15) is 0 Å². The van der Waals surface area contributed by atoms with Crippen molar-refractivity contribution in [3.63, 3.8) is 0 Å². The third-order valence-corrected chi connectivity index (χ3v) is 3.30. The number of anilines is 2. The van der Waals surface area contributed by atoms with Crippen molar-refractivity contribution in [2.24, 2.45) is 0 Å². The van der Waals surface area contributed by atoms with Crippen LogP contribution in [-0.2, 0) is 0 Å². The van der Waals surface area contributed by atoms with Gasteiger partial charge in [-0.3, -0.25) is 4.57 Å². The molecule has 0 saturated heterocycles. The Morgan fingerprint density at radius 2 is 1.65 bits per heavy atom. The van der Waals surface area contributed by atoms with Gasteiger partial charge in [-0.1, -0.05) is 18.2 Å². The smallest absolute Gasteiger partial charge is 0.326 e. The standard InChI is InChI=1S/C16H17N3O.C2H7N/c1-11(2)19-15-9-8-13(10-14(15)18-16(19)20)17-12-6-4-3-5-7-12;1-3-2/h3-11,17H,1-2H3,(H,18,20);3H,1-2H3. The van der Waals surface area contributed by atoms with E-state index in [9.17, 15) is 4.79 Å². The van der Waals surface area contributed by atoms with E-state index in [0.29, 0.717) is 0 Å². The molecule has 23 heavy (non-hydrogen) atoms. The van der Waals surface area contributed by atoms with Gasteiger partial charge in [0.15, 0.2) is 0 Å².